The molecule has 2 amide bonds. The van der Waals surface area contributed by atoms with E-state index in [1.165, 1.54) is 62.3 Å². The molecule has 6 rings (SSSR count). The number of carbonyl (C=O) groups excluding carboxylic acids is 3. The number of halogens is 6. The number of alkyl halides is 6. The smallest absolute Gasteiger partial charge is 0.484 e. The molecule has 0 aliphatic rings. The molecule has 0 spiro atoms. The monoisotopic (exact) mass is 1020 g/mol. The topological polar surface area (TPSA) is 190 Å². The van der Waals surface area contributed by atoms with Gasteiger partial charge in [0.05, 0.1) is 78.6 Å². The Hall–Kier alpha value is -6.63. The zero-order valence-corrected chi connectivity index (χ0v) is 40.2. The minimum atomic E-state index is -4.59. The molecule has 4 heterocycles. The first kappa shape index (κ1) is 52.7. The van der Waals surface area contributed by atoms with Gasteiger partial charge in [0.1, 0.15) is 24.7 Å². The molecule has 17 nitrogen and oxygen atoms in total. The van der Waals surface area contributed by atoms with Gasteiger partial charge in [0.15, 0.2) is 13.2 Å². The van der Waals surface area contributed by atoms with Crippen LogP contribution in [0.5, 0.6) is 11.5 Å². The molecule has 0 N–H and O–H groups in total. The van der Waals surface area contributed by atoms with Gasteiger partial charge in [-0.3, -0.25) is 18.4 Å². The maximum absolute atomic E-state index is 14.2. The summed E-state index contributed by atoms with van der Waals surface area (Å²) in [6, 6.07) is 12.8. The van der Waals surface area contributed by atoms with Gasteiger partial charge in [0.25, 0.3) is 0 Å². The molecule has 25 heteroatoms. The first-order valence-electron chi connectivity index (χ1n) is 21.5. The normalized spacial score (nSPS) is 13.7. The van der Waals surface area contributed by atoms with E-state index in [4.69, 9.17) is 18.9 Å². The Morgan fingerprint density at radius 3 is 1.36 bits per heavy atom. The summed E-state index contributed by atoms with van der Waals surface area (Å²) in [5.41, 5.74) is 2.09. The lowest BCUT2D eigenvalue weighted by Gasteiger charge is -2.28. The van der Waals surface area contributed by atoms with Gasteiger partial charge in [-0.25, -0.2) is 33.5 Å². The SMILES string of the molecule is CCC(COC(=O)OCC(CC)N(C)C(=O)n1c(S(=O)Cc2nccc(OCC(F)(F)F)c2C)nc2ccccc21)N(C)C(=O)n1c(S(=O)Cc2nccc(OCC(F)(F)F)c2C)nc2ccccc21. The minimum absolute atomic E-state index is 0.0957. The van der Waals surface area contributed by atoms with Crippen molar-refractivity contribution >= 4 is 61.9 Å². The van der Waals surface area contributed by atoms with E-state index in [9.17, 15) is 49.1 Å². The van der Waals surface area contributed by atoms with Crippen LogP contribution in [-0.4, -0.2) is 130 Å². The highest BCUT2D eigenvalue weighted by Crippen LogP contribution is 2.29. The van der Waals surface area contributed by atoms with Crippen LogP contribution >= 0.6 is 0 Å². The molecular formula is C45H48F6N8O9S2. The van der Waals surface area contributed by atoms with Gasteiger partial charge in [-0.1, -0.05) is 38.1 Å². The summed E-state index contributed by atoms with van der Waals surface area (Å²) in [7, 11) is -1.20. The fourth-order valence-corrected chi connectivity index (χ4v) is 9.60. The summed E-state index contributed by atoms with van der Waals surface area (Å²) >= 11 is 0. The molecule has 0 saturated heterocycles. The van der Waals surface area contributed by atoms with E-state index in [2.05, 4.69) is 19.9 Å². The number of fused-ring (bicyclic) bond motifs is 2. The number of nitrogens with zero attached hydrogens (tertiary/aromatic N) is 8. The Bertz CT molecular complexity index is 2720. The Balaban J connectivity index is 1.11. The van der Waals surface area contributed by atoms with Crippen molar-refractivity contribution in [3.63, 3.8) is 0 Å². The second-order valence-corrected chi connectivity index (χ2v) is 18.5. The number of hydrogen-bond donors (Lipinski definition) is 0. The Labute approximate surface area is 402 Å². The third kappa shape index (κ3) is 12.6. The highest BCUT2D eigenvalue weighted by Gasteiger charge is 2.33. The number of para-hydroxylation sites is 4. The first-order chi connectivity index (χ1) is 33.1. The van der Waals surface area contributed by atoms with Crippen molar-refractivity contribution in [2.45, 2.75) is 86.8 Å². The van der Waals surface area contributed by atoms with E-state index in [1.807, 2.05) is 0 Å². The number of hydrogen-bond acceptors (Lipinski definition) is 13. The summed E-state index contributed by atoms with van der Waals surface area (Å²) in [4.78, 5) is 61.5. The van der Waals surface area contributed by atoms with Crippen LogP contribution in [0.1, 0.15) is 49.2 Å². The summed E-state index contributed by atoms with van der Waals surface area (Å²) < 4.78 is 128. The number of likely N-dealkylation sites (N-methyl/N-ethyl adjacent to an activating group) is 2. The first-order valence-corrected chi connectivity index (χ1v) is 24.1. The molecule has 0 saturated carbocycles. The number of ether oxygens (including phenoxy) is 4. The van der Waals surface area contributed by atoms with Crippen LogP contribution in [0.4, 0.5) is 40.7 Å². The van der Waals surface area contributed by atoms with Gasteiger partial charge in [0, 0.05) is 37.6 Å². The zero-order chi connectivity index (χ0) is 51.1. The van der Waals surface area contributed by atoms with Crippen LogP contribution in [0.3, 0.4) is 0 Å². The number of imidazole rings is 2. The Morgan fingerprint density at radius 2 is 1.00 bits per heavy atom. The van der Waals surface area contributed by atoms with Gasteiger partial charge in [0.2, 0.25) is 10.3 Å². The second kappa shape index (κ2) is 22.4. The Kier molecular flexibility index (Phi) is 16.9. The predicted molar refractivity (Wildman–Crippen MR) is 243 cm³/mol. The maximum atomic E-state index is 14.2. The van der Waals surface area contributed by atoms with Crippen LogP contribution in [0.25, 0.3) is 22.1 Å². The fourth-order valence-electron chi connectivity index (χ4n) is 7.11. The molecule has 376 valence electrons. The third-order valence-electron chi connectivity index (χ3n) is 11.1. The number of benzene rings is 2. The molecule has 0 bridgehead atoms. The van der Waals surface area contributed by atoms with Gasteiger partial charge in [-0.15, -0.1) is 0 Å². The van der Waals surface area contributed by atoms with E-state index < -0.39 is 77.5 Å². The predicted octanol–water partition coefficient (Wildman–Crippen LogP) is 8.50. The maximum Gasteiger partial charge on any atom is 0.508 e. The summed E-state index contributed by atoms with van der Waals surface area (Å²) in [5, 5.41) is -0.310. The fraction of sp³-hybridized carbons (Fsp3) is 0.400. The van der Waals surface area contributed by atoms with Crippen LogP contribution in [0.15, 0.2) is 83.4 Å². The van der Waals surface area contributed by atoms with Gasteiger partial charge in [-0.05, 0) is 63.1 Å². The largest absolute Gasteiger partial charge is 0.508 e. The van der Waals surface area contributed by atoms with E-state index in [0.29, 0.717) is 22.1 Å². The summed E-state index contributed by atoms with van der Waals surface area (Å²) in [6.45, 7) is 2.68. The lowest BCUT2D eigenvalue weighted by atomic mass is 10.2. The lowest BCUT2D eigenvalue weighted by Crippen LogP contribution is -2.44. The number of pyridine rings is 2. The summed E-state index contributed by atoms with van der Waals surface area (Å²) in [6.07, 6.45) is -7.28. The molecule has 70 heavy (non-hydrogen) atoms. The van der Waals surface area contributed by atoms with Gasteiger partial charge < -0.3 is 28.7 Å². The van der Waals surface area contributed by atoms with Crippen LogP contribution in [-0.2, 0) is 42.6 Å². The number of carbonyl (C=O) groups is 3. The molecule has 0 aliphatic carbocycles. The van der Waals surface area contributed by atoms with Gasteiger partial charge >= 0.3 is 30.6 Å². The van der Waals surface area contributed by atoms with Gasteiger partial charge in [-0.2, -0.15) is 26.3 Å². The third-order valence-corrected chi connectivity index (χ3v) is 13.5. The van der Waals surface area contributed by atoms with Crippen molar-refractivity contribution in [2.75, 3.05) is 40.5 Å². The second-order valence-electron chi connectivity index (χ2n) is 15.8. The van der Waals surface area contributed by atoms with Crippen molar-refractivity contribution in [1.29, 1.82) is 0 Å². The van der Waals surface area contributed by atoms with E-state index in [1.54, 1.807) is 62.4 Å². The zero-order valence-electron chi connectivity index (χ0n) is 38.6. The van der Waals surface area contributed by atoms with E-state index in [0.717, 1.165) is 9.13 Å². The van der Waals surface area contributed by atoms with Crippen molar-refractivity contribution in [3.05, 3.63) is 95.6 Å². The quantitative estimate of drug-likeness (QED) is 0.0589. The number of aromatic nitrogens is 6. The standard InChI is InChI=1S/C45H48F6N8O9S2/c1-7-29(56(5)41(60)58-35-15-11-9-13-31(35)54-39(58)69(63)23-33-27(3)37(17-19-52-33)67-25-44(46,47)48)21-65-43(62)66-22-30(8-2)57(6)42(61)59-36-16-12-10-14-32(36)55-40(59)70(64)24-34-28(4)38(18-20-53-34)68-26-45(49,50)51/h9-20,29-30H,7-8,21-26H2,1-6H3. The van der Waals surface area contributed by atoms with Crippen molar-refractivity contribution < 1.29 is 68.1 Å². The highest BCUT2D eigenvalue weighted by molar-refractivity contribution is 7.84. The molecule has 4 unspecified atom stereocenters. The minimum Gasteiger partial charge on any atom is -0.484 e. The van der Waals surface area contributed by atoms with Crippen molar-refractivity contribution in [1.82, 2.24) is 38.9 Å². The molecule has 0 fully saturated rings. The molecule has 6 aromatic rings. The molecule has 0 radical (unpaired) electrons. The van der Waals surface area contributed by atoms with Crippen LogP contribution in [0, 0.1) is 13.8 Å². The lowest BCUT2D eigenvalue weighted by molar-refractivity contribution is -0.154. The van der Waals surface area contributed by atoms with E-state index in [-0.39, 0.29) is 81.9 Å². The average molecular weight is 1020 g/mol. The van der Waals surface area contributed by atoms with E-state index >= 15 is 0 Å². The number of amides is 2. The molecular weight excluding hydrogens is 975 g/mol. The number of rotatable bonds is 18. The summed E-state index contributed by atoms with van der Waals surface area (Å²) in [5.74, 6) is -0.825. The molecule has 4 atom stereocenters. The van der Waals surface area contributed by atoms with Crippen LogP contribution < -0.4 is 9.47 Å². The molecule has 4 aromatic heterocycles. The molecule has 2 aromatic carbocycles. The molecule has 0 aliphatic heterocycles. The van der Waals surface area contributed by atoms with Crippen LogP contribution in [0.2, 0.25) is 0 Å². The highest BCUT2D eigenvalue weighted by atomic mass is 32.2. The Morgan fingerprint density at radius 1 is 0.629 bits per heavy atom. The van der Waals surface area contributed by atoms with Crippen molar-refractivity contribution in [3.8, 4) is 11.5 Å². The average Bonchev–Trinajstić information content (AvgIpc) is 3.91. The van der Waals surface area contributed by atoms with Crippen molar-refractivity contribution in [2.24, 2.45) is 0 Å².